The van der Waals surface area contributed by atoms with Crippen molar-refractivity contribution in [2.24, 2.45) is 10.8 Å². The van der Waals surface area contributed by atoms with Crippen molar-refractivity contribution in [3.8, 4) is 0 Å². The minimum Gasteiger partial charge on any atom is -0.456 e. The molecule has 0 aromatic heterocycles. The van der Waals surface area contributed by atoms with Gasteiger partial charge in [0.05, 0.1) is 12.0 Å². The summed E-state index contributed by atoms with van der Waals surface area (Å²) in [5, 5.41) is 9.33. The molecule has 1 saturated heterocycles. The quantitative estimate of drug-likeness (QED) is 0.621. The van der Waals surface area contributed by atoms with E-state index in [9.17, 15) is 9.90 Å². The van der Waals surface area contributed by atoms with Crippen molar-refractivity contribution in [2.45, 2.75) is 39.2 Å². The van der Waals surface area contributed by atoms with Crippen molar-refractivity contribution in [3.05, 3.63) is 0 Å². The highest BCUT2D eigenvalue weighted by Gasteiger charge is 2.72. The largest absolute Gasteiger partial charge is 0.456 e. The molecule has 1 heterocycles. The first-order chi connectivity index (χ1) is 5.90. The average molecular weight is 184 g/mol. The molecule has 2 bridgehead atoms. The molecule has 1 saturated carbocycles. The monoisotopic (exact) mass is 184 g/mol. The molecule has 2 atom stereocenters. The number of carbonyl (C=O) groups is 1. The molecule has 1 aliphatic heterocycles. The normalized spacial score (nSPS) is 46.6. The van der Waals surface area contributed by atoms with Crippen LogP contribution in [0.4, 0.5) is 0 Å². The minimum atomic E-state index is -0.612. The van der Waals surface area contributed by atoms with E-state index in [1.807, 2.05) is 20.8 Å². The van der Waals surface area contributed by atoms with Crippen molar-refractivity contribution < 1.29 is 14.6 Å². The van der Waals surface area contributed by atoms with Crippen LogP contribution in [-0.2, 0) is 9.53 Å². The Labute approximate surface area is 78.1 Å². The van der Waals surface area contributed by atoms with Crippen LogP contribution in [0.5, 0.6) is 0 Å². The van der Waals surface area contributed by atoms with Crippen molar-refractivity contribution in [3.63, 3.8) is 0 Å². The first kappa shape index (κ1) is 9.00. The fourth-order valence-corrected chi connectivity index (χ4v) is 2.71. The molecular weight excluding hydrogens is 168 g/mol. The fourth-order valence-electron chi connectivity index (χ4n) is 2.71. The SMILES string of the molecule is CC1(C)[C@]2(CO)CC[C@]1(C)C(=O)O2. The highest BCUT2D eigenvalue weighted by atomic mass is 16.6. The third kappa shape index (κ3) is 0.688. The first-order valence-corrected chi connectivity index (χ1v) is 4.74. The van der Waals surface area contributed by atoms with Crippen molar-refractivity contribution in [1.29, 1.82) is 0 Å². The lowest BCUT2D eigenvalue weighted by molar-refractivity contribution is -0.163. The lowest BCUT2D eigenvalue weighted by Gasteiger charge is -2.35. The number of aliphatic hydroxyl groups excluding tert-OH is 1. The summed E-state index contributed by atoms with van der Waals surface area (Å²) in [7, 11) is 0. The molecule has 3 nitrogen and oxygen atoms in total. The Morgan fingerprint density at radius 3 is 2.23 bits per heavy atom. The molecule has 0 aromatic carbocycles. The van der Waals surface area contributed by atoms with Crippen LogP contribution in [0.1, 0.15) is 33.6 Å². The second kappa shape index (κ2) is 2.08. The summed E-state index contributed by atoms with van der Waals surface area (Å²) >= 11 is 0. The summed E-state index contributed by atoms with van der Waals surface area (Å²) in [6.07, 6.45) is 1.62. The van der Waals surface area contributed by atoms with E-state index in [1.54, 1.807) is 0 Å². The van der Waals surface area contributed by atoms with Gasteiger partial charge in [-0.3, -0.25) is 4.79 Å². The molecule has 0 spiro atoms. The van der Waals surface area contributed by atoms with Gasteiger partial charge in [-0.25, -0.2) is 0 Å². The van der Waals surface area contributed by atoms with Gasteiger partial charge in [-0.1, -0.05) is 13.8 Å². The van der Waals surface area contributed by atoms with Gasteiger partial charge in [0.25, 0.3) is 0 Å². The fraction of sp³-hybridized carbons (Fsp3) is 0.900. The minimum absolute atomic E-state index is 0.0542. The van der Waals surface area contributed by atoms with Crippen LogP contribution in [0.25, 0.3) is 0 Å². The molecule has 0 radical (unpaired) electrons. The Morgan fingerprint density at radius 1 is 1.38 bits per heavy atom. The van der Waals surface area contributed by atoms with Gasteiger partial charge in [0.1, 0.15) is 5.60 Å². The Balaban J connectivity index is 2.53. The number of hydrogen-bond donors (Lipinski definition) is 1. The van der Waals surface area contributed by atoms with Gasteiger partial charge >= 0.3 is 5.97 Å². The molecule has 1 N–H and O–H groups in total. The van der Waals surface area contributed by atoms with Gasteiger partial charge < -0.3 is 9.84 Å². The van der Waals surface area contributed by atoms with Crippen LogP contribution < -0.4 is 0 Å². The molecule has 0 amide bonds. The third-order valence-corrected chi connectivity index (χ3v) is 4.54. The molecule has 13 heavy (non-hydrogen) atoms. The van der Waals surface area contributed by atoms with Gasteiger partial charge in [0.15, 0.2) is 0 Å². The van der Waals surface area contributed by atoms with E-state index in [2.05, 4.69) is 0 Å². The lowest BCUT2D eigenvalue weighted by Crippen LogP contribution is -2.43. The van der Waals surface area contributed by atoms with Gasteiger partial charge in [-0.15, -0.1) is 0 Å². The van der Waals surface area contributed by atoms with Crippen molar-refractivity contribution in [2.75, 3.05) is 6.61 Å². The number of aliphatic hydroxyl groups is 1. The zero-order valence-corrected chi connectivity index (χ0v) is 8.39. The van der Waals surface area contributed by atoms with Gasteiger partial charge in [-0.05, 0) is 19.8 Å². The molecule has 0 unspecified atom stereocenters. The highest BCUT2D eigenvalue weighted by Crippen LogP contribution is 2.65. The van der Waals surface area contributed by atoms with Crippen molar-refractivity contribution in [1.82, 2.24) is 0 Å². The van der Waals surface area contributed by atoms with E-state index in [-0.39, 0.29) is 18.0 Å². The van der Waals surface area contributed by atoms with Crippen LogP contribution in [0.15, 0.2) is 0 Å². The van der Waals surface area contributed by atoms with E-state index in [0.29, 0.717) is 0 Å². The van der Waals surface area contributed by atoms with Crippen LogP contribution in [0, 0.1) is 10.8 Å². The Morgan fingerprint density at radius 2 is 2.00 bits per heavy atom. The average Bonchev–Trinajstić information content (AvgIpc) is 2.34. The smallest absolute Gasteiger partial charge is 0.313 e. The van der Waals surface area contributed by atoms with E-state index >= 15 is 0 Å². The molecule has 2 aliphatic rings. The van der Waals surface area contributed by atoms with Gasteiger partial charge in [-0.2, -0.15) is 0 Å². The van der Waals surface area contributed by atoms with Gasteiger partial charge in [0.2, 0.25) is 0 Å². The van der Waals surface area contributed by atoms with Gasteiger partial charge in [0, 0.05) is 5.41 Å². The van der Waals surface area contributed by atoms with Crippen LogP contribution in [0.2, 0.25) is 0 Å². The van der Waals surface area contributed by atoms with E-state index < -0.39 is 11.0 Å². The maximum atomic E-state index is 11.6. The number of hydrogen-bond acceptors (Lipinski definition) is 3. The molecule has 1 aliphatic carbocycles. The maximum Gasteiger partial charge on any atom is 0.313 e. The predicted octanol–water partition coefficient (Wildman–Crippen LogP) is 1.10. The molecule has 2 fully saturated rings. The number of carbonyl (C=O) groups excluding carboxylic acids is 1. The molecule has 74 valence electrons. The molecule has 0 aromatic rings. The number of fused-ring (bicyclic) bond motifs is 2. The highest BCUT2D eigenvalue weighted by molar-refractivity contribution is 5.82. The zero-order valence-electron chi connectivity index (χ0n) is 8.39. The summed E-state index contributed by atoms with van der Waals surface area (Å²) in [5.41, 5.74) is -1.25. The second-order valence-corrected chi connectivity index (χ2v) is 5.00. The van der Waals surface area contributed by atoms with E-state index in [4.69, 9.17) is 4.74 Å². The molecule has 2 rings (SSSR count). The van der Waals surface area contributed by atoms with E-state index in [0.717, 1.165) is 12.8 Å². The summed E-state index contributed by atoms with van der Waals surface area (Å²) in [6.45, 7) is 5.92. The Kier molecular flexibility index (Phi) is 1.44. The number of rotatable bonds is 1. The first-order valence-electron chi connectivity index (χ1n) is 4.74. The summed E-state index contributed by atoms with van der Waals surface area (Å²) < 4.78 is 5.33. The third-order valence-electron chi connectivity index (χ3n) is 4.54. The number of esters is 1. The van der Waals surface area contributed by atoms with E-state index in [1.165, 1.54) is 0 Å². The lowest BCUT2D eigenvalue weighted by atomic mass is 9.66. The Bertz CT molecular complexity index is 271. The second-order valence-electron chi connectivity index (χ2n) is 5.00. The zero-order chi connectivity index (χ0) is 9.91. The van der Waals surface area contributed by atoms with Crippen LogP contribution in [-0.4, -0.2) is 23.3 Å². The predicted molar refractivity (Wildman–Crippen MR) is 47.0 cm³/mol. The summed E-state index contributed by atoms with van der Waals surface area (Å²) in [6, 6.07) is 0. The number of ether oxygens (including phenoxy) is 1. The standard InChI is InChI=1S/C10H16O3/c1-8(2)9(3)4-5-10(8,6-11)13-7(9)12/h11H,4-6H2,1-3H3/t9-,10-/m1/s1. The molecule has 3 heteroatoms. The molecular formula is C10H16O3. The summed E-state index contributed by atoms with van der Waals surface area (Å²) in [5.74, 6) is -0.141. The topological polar surface area (TPSA) is 46.5 Å². The van der Waals surface area contributed by atoms with Crippen LogP contribution >= 0.6 is 0 Å². The van der Waals surface area contributed by atoms with Crippen molar-refractivity contribution >= 4 is 5.97 Å². The maximum absolute atomic E-state index is 11.6. The Hall–Kier alpha value is -0.570. The summed E-state index contributed by atoms with van der Waals surface area (Å²) in [4.78, 5) is 11.6. The van der Waals surface area contributed by atoms with Crippen LogP contribution in [0.3, 0.4) is 0 Å².